The molecule has 2 aliphatic heterocycles. The van der Waals surface area contributed by atoms with E-state index in [1.807, 2.05) is 22.7 Å². The molecule has 0 spiro atoms. The Morgan fingerprint density at radius 2 is 1.39 bits per heavy atom. The lowest BCUT2D eigenvalue weighted by molar-refractivity contribution is 0.463. The third-order valence-corrected chi connectivity index (χ3v) is 14.1. The lowest BCUT2D eigenvalue weighted by atomic mass is 9.78. The van der Waals surface area contributed by atoms with Crippen molar-refractivity contribution in [1.29, 1.82) is 0 Å². The molecule has 0 bridgehead atoms. The van der Waals surface area contributed by atoms with Crippen molar-refractivity contribution >= 4 is 46.2 Å². The number of unbranched alkanes of at least 4 members (excludes halogenated alkanes) is 6. The smallest absolute Gasteiger partial charge is 0.0594 e. The number of thioether (sulfide) groups is 2. The minimum absolute atomic E-state index is 0.135. The molecule has 2 aromatic heterocycles. The summed E-state index contributed by atoms with van der Waals surface area (Å²) in [4.78, 5) is 3.01. The van der Waals surface area contributed by atoms with E-state index in [9.17, 15) is 0 Å². The van der Waals surface area contributed by atoms with Gasteiger partial charge in [0, 0.05) is 14.5 Å². The van der Waals surface area contributed by atoms with Gasteiger partial charge in [-0.15, -0.1) is 46.2 Å². The summed E-state index contributed by atoms with van der Waals surface area (Å²) in [7, 11) is 0. The molecule has 3 aliphatic rings. The van der Waals surface area contributed by atoms with E-state index in [0.29, 0.717) is 16.4 Å². The number of thiophene rings is 2. The fourth-order valence-corrected chi connectivity index (χ4v) is 11.3. The van der Waals surface area contributed by atoms with Crippen molar-refractivity contribution in [3.8, 4) is 0 Å². The molecule has 5 rings (SSSR count). The van der Waals surface area contributed by atoms with Crippen molar-refractivity contribution < 1.29 is 0 Å². The minimum atomic E-state index is 0.135. The van der Waals surface area contributed by atoms with Crippen LogP contribution in [0.1, 0.15) is 105 Å². The first kappa shape index (κ1) is 28.6. The van der Waals surface area contributed by atoms with Gasteiger partial charge in [-0.05, 0) is 53.6 Å². The molecular weight excluding hydrogens is 537 g/mol. The Hall–Kier alpha value is -0.940. The van der Waals surface area contributed by atoms with Crippen molar-refractivity contribution in [2.45, 2.75) is 104 Å². The third kappa shape index (κ3) is 6.51. The minimum Gasteiger partial charge on any atom is -0.147 e. The van der Waals surface area contributed by atoms with E-state index in [1.165, 1.54) is 80.4 Å². The summed E-state index contributed by atoms with van der Waals surface area (Å²) in [6.07, 6.45) is 32.4. The number of allylic oxidation sites excluding steroid dienone is 3. The predicted octanol–water partition coefficient (Wildman–Crippen LogP) is 12.1. The van der Waals surface area contributed by atoms with Crippen molar-refractivity contribution in [3.63, 3.8) is 0 Å². The topological polar surface area (TPSA) is 0 Å². The molecule has 38 heavy (non-hydrogen) atoms. The Labute approximate surface area is 248 Å². The molecule has 0 saturated heterocycles. The van der Waals surface area contributed by atoms with Gasteiger partial charge in [-0.2, -0.15) is 0 Å². The molecule has 5 atom stereocenters. The zero-order chi connectivity index (χ0) is 26.3. The molecule has 0 saturated carbocycles. The monoisotopic (exact) mass is 580 g/mol. The highest BCUT2D eigenvalue weighted by Gasteiger charge is 2.44. The zero-order valence-corrected chi connectivity index (χ0v) is 26.4. The second-order valence-electron chi connectivity index (χ2n) is 11.2. The van der Waals surface area contributed by atoms with Gasteiger partial charge in [0.05, 0.1) is 15.2 Å². The van der Waals surface area contributed by atoms with Gasteiger partial charge in [-0.1, -0.05) is 120 Å². The van der Waals surface area contributed by atoms with Crippen LogP contribution in [0.15, 0.2) is 83.1 Å². The molecule has 0 aromatic carbocycles. The molecule has 5 unspecified atom stereocenters. The molecule has 2 aromatic rings. The highest BCUT2D eigenvalue weighted by Crippen LogP contribution is 2.58. The maximum absolute atomic E-state index is 2.64. The van der Waals surface area contributed by atoms with Crippen LogP contribution in [0.25, 0.3) is 0 Å². The van der Waals surface area contributed by atoms with Crippen LogP contribution in [-0.4, -0.2) is 9.49 Å². The van der Waals surface area contributed by atoms with Crippen molar-refractivity contribution in [2.75, 3.05) is 0 Å². The van der Waals surface area contributed by atoms with Crippen LogP contribution < -0.4 is 0 Å². The van der Waals surface area contributed by atoms with Crippen LogP contribution in [0, 0.1) is 5.92 Å². The van der Waals surface area contributed by atoms with Gasteiger partial charge >= 0.3 is 0 Å². The van der Waals surface area contributed by atoms with Crippen molar-refractivity contribution in [2.24, 2.45) is 5.92 Å². The summed E-state index contributed by atoms with van der Waals surface area (Å²) in [6, 6.07) is 9.05. The predicted molar refractivity (Wildman–Crippen MR) is 176 cm³/mol. The molecule has 4 heterocycles. The quantitative estimate of drug-likeness (QED) is 0.161. The summed E-state index contributed by atoms with van der Waals surface area (Å²) in [5, 5.41) is 5.48. The van der Waals surface area contributed by atoms with Crippen LogP contribution in [0.4, 0.5) is 0 Å². The summed E-state index contributed by atoms with van der Waals surface area (Å²) < 4.78 is 0.365. The lowest BCUT2D eigenvalue weighted by Crippen LogP contribution is -2.32. The van der Waals surface area contributed by atoms with Crippen LogP contribution in [0.3, 0.4) is 0 Å². The second kappa shape index (κ2) is 13.6. The molecule has 0 N–H and O–H groups in total. The van der Waals surface area contributed by atoms with Gasteiger partial charge in [0.1, 0.15) is 0 Å². The Balaban J connectivity index is 1.32. The molecule has 1 aliphatic carbocycles. The average molecular weight is 581 g/mol. The Kier molecular flexibility index (Phi) is 10.2. The van der Waals surface area contributed by atoms with Gasteiger partial charge in [0.25, 0.3) is 0 Å². The summed E-state index contributed by atoms with van der Waals surface area (Å²) in [6.45, 7) is 4.63. The summed E-state index contributed by atoms with van der Waals surface area (Å²) in [5.74, 6) is 0.583. The first-order chi connectivity index (χ1) is 18.7. The maximum Gasteiger partial charge on any atom is 0.0594 e. The van der Waals surface area contributed by atoms with E-state index >= 15 is 0 Å². The summed E-state index contributed by atoms with van der Waals surface area (Å²) >= 11 is 8.25. The fraction of sp³-hybridized carbons (Fsp3) is 0.529. The van der Waals surface area contributed by atoms with E-state index in [0.717, 1.165) is 0 Å². The molecule has 0 nitrogen and oxygen atoms in total. The van der Waals surface area contributed by atoms with Crippen LogP contribution in [0.2, 0.25) is 0 Å². The molecule has 0 fully saturated rings. The maximum atomic E-state index is 2.64. The highest BCUT2D eigenvalue weighted by atomic mass is 32.2. The Morgan fingerprint density at radius 3 is 2.00 bits per heavy atom. The highest BCUT2D eigenvalue weighted by molar-refractivity contribution is 8.02. The summed E-state index contributed by atoms with van der Waals surface area (Å²) in [5.41, 5.74) is 1.56. The van der Waals surface area contributed by atoms with Gasteiger partial charge < -0.3 is 0 Å². The average Bonchev–Trinajstić information content (AvgIpc) is 3.76. The first-order valence-corrected chi connectivity index (χ1v) is 18.4. The normalized spacial score (nSPS) is 30.4. The van der Waals surface area contributed by atoms with Crippen LogP contribution in [-0.2, 0) is 0 Å². The van der Waals surface area contributed by atoms with E-state index in [4.69, 9.17) is 0 Å². The number of hydrogen-bond acceptors (Lipinski definition) is 4. The zero-order valence-electron chi connectivity index (χ0n) is 23.1. The van der Waals surface area contributed by atoms with Crippen LogP contribution >= 0.6 is 46.2 Å². The van der Waals surface area contributed by atoms with Crippen molar-refractivity contribution in [1.82, 2.24) is 0 Å². The Morgan fingerprint density at radius 1 is 0.737 bits per heavy atom. The van der Waals surface area contributed by atoms with Gasteiger partial charge in [-0.3, -0.25) is 0 Å². The molecule has 0 radical (unpaired) electrons. The number of hydrogen-bond donors (Lipinski definition) is 0. The third-order valence-electron chi connectivity index (χ3n) is 8.46. The Bertz CT molecular complexity index is 1110. The van der Waals surface area contributed by atoms with E-state index in [2.05, 4.69) is 115 Å². The van der Waals surface area contributed by atoms with Crippen LogP contribution in [0.5, 0.6) is 0 Å². The lowest BCUT2D eigenvalue weighted by Gasteiger charge is -2.38. The standard InChI is InChI=1S/C34H44S4/c1-3-5-7-9-21-33(23-19-31(37-33)29-13-11-25-35-29)27-15-17-28(18-16-27)34(22-10-8-6-4-2)24-20-32(38-34)30-14-12-26-36-30/h11-17,19-20,23-26,28,31-32H,3-10,18,21-22H2,1-2H3. The molecule has 204 valence electrons. The van der Waals surface area contributed by atoms with Crippen molar-refractivity contribution in [3.05, 3.63) is 92.9 Å². The van der Waals surface area contributed by atoms with Gasteiger partial charge in [0.15, 0.2) is 0 Å². The van der Waals surface area contributed by atoms with E-state index in [1.54, 1.807) is 5.57 Å². The molecule has 4 heteroatoms. The fourth-order valence-electron chi connectivity index (χ4n) is 6.25. The van der Waals surface area contributed by atoms with E-state index < -0.39 is 0 Å². The largest absolute Gasteiger partial charge is 0.147 e. The van der Waals surface area contributed by atoms with Gasteiger partial charge in [-0.25, -0.2) is 0 Å². The SMILES string of the molecule is CCCCCCC1(C2=CCC(C3(CCCCCC)C=CC(c4cccs4)S3)C=C2)C=CC(c2cccs2)S1. The molecular formula is C34H44S4. The molecule has 0 amide bonds. The second-order valence-corrected chi connectivity index (χ2v) is 16.1. The number of rotatable bonds is 14. The van der Waals surface area contributed by atoms with Gasteiger partial charge in [0.2, 0.25) is 0 Å². The first-order valence-electron chi connectivity index (χ1n) is 14.9. The van der Waals surface area contributed by atoms with E-state index in [-0.39, 0.29) is 9.49 Å².